The fourth-order valence-electron chi connectivity index (χ4n) is 2.33. The highest BCUT2D eigenvalue weighted by molar-refractivity contribution is 5.89. The number of ether oxygens (including phenoxy) is 1. The van der Waals surface area contributed by atoms with Crippen LogP contribution in [0.3, 0.4) is 0 Å². The highest BCUT2D eigenvalue weighted by Gasteiger charge is 2.19. The summed E-state index contributed by atoms with van der Waals surface area (Å²) in [6.07, 6.45) is -0.902. The minimum atomic E-state index is -1.13. The van der Waals surface area contributed by atoms with Gasteiger partial charge in [-0.05, 0) is 51.0 Å². The van der Waals surface area contributed by atoms with Crippen LogP contribution in [0.2, 0.25) is 0 Å². The van der Waals surface area contributed by atoms with E-state index in [1.165, 1.54) is 6.92 Å². The Kier molecular flexibility index (Phi) is 4.92. The van der Waals surface area contributed by atoms with E-state index in [2.05, 4.69) is 5.32 Å². The minimum absolute atomic E-state index is 0.385. The molecule has 0 aliphatic carbocycles. The molecule has 0 saturated heterocycles. The standard InChI is InChI=1S/C17H19NO6/c1-8-5-12(23-11(4)16(21)18-7-14(19)20)15-9(2)10(3)17(22)24-13(15)6-8/h5-6,11H,7H2,1-4H3,(H,18,21)(H,19,20)/t11-/m0/s1. The van der Waals surface area contributed by atoms with Crippen molar-refractivity contribution in [1.82, 2.24) is 5.32 Å². The van der Waals surface area contributed by atoms with E-state index in [9.17, 15) is 14.4 Å². The maximum atomic E-state index is 11.9. The number of benzene rings is 1. The molecule has 1 atom stereocenters. The lowest BCUT2D eigenvalue weighted by atomic mass is 10.0. The van der Waals surface area contributed by atoms with Gasteiger partial charge < -0.3 is 19.6 Å². The van der Waals surface area contributed by atoms with Crippen LogP contribution in [-0.4, -0.2) is 29.6 Å². The minimum Gasteiger partial charge on any atom is -0.480 e. The molecule has 1 aromatic carbocycles. The van der Waals surface area contributed by atoms with Gasteiger partial charge in [0.1, 0.15) is 17.9 Å². The zero-order valence-electron chi connectivity index (χ0n) is 13.9. The Bertz CT molecular complexity index is 867. The van der Waals surface area contributed by atoms with E-state index in [-0.39, 0.29) is 0 Å². The highest BCUT2D eigenvalue weighted by Crippen LogP contribution is 2.31. The van der Waals surface area contributed by atoms with Gasteiger partial charge in [-0.2, -0.15) is 0 Å². The number of carboxylic acids is 1. The molecule has 24 heavy (non-hydrogen) atoms. The lowest BCUT2D eigenvalue weighted by molar-refractivity contribution is -0.139. The van der Waals surface area contributed by atoms with Gasteiger partial charge in [-0.25, -0.2) is 4.79 Å². The molecule has 1 heterocycles. The van der Waals surface area contributed by atoms with Crippen molar-refractivity contribution >= 4 is 22.8 Å². The van der Waals surface area contributed by atoms with Crippen LogP contribution in [0.15, 0.2) is 21.3 Å². The number of nitrogens with one attached hydrogen (secondary N) is 1. The molecule has 0 unspecified atom stereocenters. The normalized spacial score (nSPS) is 12.0. The molecule has 1 aromatic heterocycles. The van der Waals surface area contributed by atoms with Crippen LogP contribution in [0.5, 0.6) is 5.75 Å². The summed E-state index contributed by atoms with van der Waals surface area (Å²) in [5.41, 5.74) is 1.97. The number of aliphatic carboxylic acids is 1. The van der Waals surface area contributed by atoms with Gasteiger partial charge >= 0.3 is 11.6 Å². The monoisotopic (exact) mass is 333 g/mol. The first-order chi connectivity index (χ1) is 11.2. The number of rotatable bonds is 5. The summed E-state index contributed by atoms with van der Waals surface area (Å²) in [5, 5.41) is 11.5. The molecule has 2 N–H and O–H groups in total. The Hall–Kier alpha value is -2.83. The molecule has 0 saturated carbocycles. The van der Waals surface area contributed by atoms with Gasteiger partial charge in [-0.3, -0.25) is 9.59 Å². The molecule has 0 aliphatic rings. The number of hydrogen-bond acceptors (Lipinski definition) is 5. The van der Waals surface area contributed by atoms with E-state index in [1.807, 2.05) is 6.92 Å². The maximum absolute atomic E-state index is 11.9. The molecule has 7 nitrogen and oxygen atoms in total. The molecule has 7 heteroatoms. The topological polar surface area (TPSA) is 106 Å². The Labute approximate surface area is 138 Å². The molecular formula is C17H19NO6. The lowest BCUT2D eigenvalue weighted by Crippen LogP contribution is -2.39. The molecule has 128 valence electrons. The van der Waals surface area contributed by atoms with Crippen LogP contribution in [0.4, 0.5) is 0 Å². The average Bonchev–Trinajstić information content (AvgIpc) is 2.49. The molecule has 2 rings (SSSR count). The smallest absolute Gasteiger partial charge is 0.339 e. The molecule has 0 aliphatic heterocycles. The Morgan fingerprint density at radius 2 is 1.92 bits per heavy atom. The Balaban J connectivity index is 2.41. The van der Waals surface area contributed by atoms with Crippen molar-refractivity contribution in [2.75, 3.05) is 6.54 Å². The average molecular weight is 333 g/mol. The van der Waals surface area contributed by atoms with Crippen LogP contribution in [0.25, 0.3) is 11.0 Å². The predicted octanol–water partition coefficient (Wildman–Crippen LogP) is 1.69. The number of aryl methyl sites for hydroxylation is 2. The molecule has 2 aromatic rings. The number of carbonyl (C=O) groups excluding carboxylic acids is 1. The number of fused-ring (bicyclic) bond motifs is 1. The van der Waals surface area contributed by atoms with Gasteiger partial charge in [0.25, 0.3) is 5.91 Å². The zero-order valence-corrected chi connectivity index (χ0v) is 13.9. The highest BCUT2D eigenvalue weighted by atomic mass is 16.5. The summed E-state index contributed by atoms with van der Waals surface area (Å²) in [7, 11) is 0. The summed E-state index contributed by atoms with van der Waals surface area (Å²) in [6, 6.07) is 3.47. The van der Waals surface area contributed by atoms with Crippen molar-refractivity contribution in [1.29, 1.82) is 0 Å². The number of carboxylic acid groups (broad SMARTS) is 1. The summed E-state index contributed by atoms with van der Waals surface area (Å²) in [4.78, 5) is 34.3. The third kappa shape index (κ3) is 3.56. The van der Waals surface area contributed by atoms with Gasteiger partial charge in [0.05, 0.1) is 5.39 Å². The second-order valence-electron chi connectivity index (χ2n) is 5.65. The molecule has 0 spiro atoms. The molecule has 0 bridgehead atoms. The van der Waals surface area contributed by atoms with Gasteiger partial charge in [-0.1, -0.05) is 0 Å². The quantitative estimate of drug-likeness (QED) is 0.807. The van der Waals surface area contributed by atoms with Crippen molar-refractivity contribution in [3.8, 4) is 5.75 Å². The van der Waals surface area contributed by atoms with Gasteiger partial charge in [0.15, 0.2) is 6.10 Å². The lowest BCUT2D eigenvalue weighted by Gasteiger charge is -2.17. The van der Waals surface area contributed by atoms with Gasteiger partial charge in [-0.15, -0.1) is 0 Å². The van der Waals surface area contributed by atoms with Crippen molar-refractivity contribution < 1.29 is 23.8 Å². The first-order valence-electron chi connectivity index (χ1n) is 7.41. The van der Waals surface area contributed by atoms with Crippen LogP contribution < -0.4 is 15.7 Å². The third-order valence-electron chi connectivity index (χ3n) is 3.74. The number of amides is 1. The predicted molar refractivity (Wildman–Crippen MR) is 87.4 cm³/mol. The van der Waals surface area contributed by atoms with Crippen molar-refractivity contribution in [2.24, 2.45) is 0 Å². The zero-order chi connectivity index (χ0) is 18.0. The Morgan fingerprint density at radius 3 is 2.54 bits per heavy atom. The fraction of sp³-hybridized carbons (Fsp3) is 0.353. The van der Waals surface area contributed by atoms with Crippen LogP contribution >= 0.6 is 0 Å². The largest absolute Gasteiger partial charge is 0.480 e. The number of hydrogen-bond donors (Lipinski definition) is 2. The third-order valence-corrected chi connectivity index (χ3v) is 3.74. The Morgan fingerprint density at radius 1 is 1.25 bits per heavy atom. The molecule has 0 radical (unpaired) electrons. The molecular weight excluding hydrogens is 314 g/mol. The first kappa shape index (κ1) is 17.5. The summed E-state index contributed by atoms with van der Waals surface area (Å²) >= 11 is 0. The maximum Gasteiger partial charge on any atom is 0.339 e. The van der Waals surface area contributed by atoms with Crippen LogP contribution in [-0.2, 0) is 9.59 Å². The van der Waals surface area contributed by atoms with E-state index in [4.69, 9.17) is 14.3 Å². The van der Waals surface area contributed by atoms with E-state index < -0.39 is 30.2 Å². The SMILES string of the molecule is Cc1cc(O[C@@H](C)C(=O)NCC(=O)O)c2c(C)c(C)c(=O)oc2c1. The molecule has 1 amide bonds. The van der Waals surface area contributed by atoms with Crippen molar-refractivity contribution in [2.45, 2.75) is 33.8 Å². The molecule has 0 fully saturated rings. The van der Waals surface area contributed by atoms with Crippen molar-refractivity contribution in [3.05, 3.63) is 39.2 Å². The fourth-order valence-corrected chi connectivity index (χ4v) is 2.33. The first-order valence-corrected chi connectivity index (χ1v) is 7.41. The number of carbonyl (C=O) groups is 2. The van der Waals surface area contributed by atoms with E-state index in [0.29, 0.717) is 22.3 Å². The van der Waals surface area contributed by atoms with Gasteiger partial charge in [0, 0.05) is 5.56 Å². The second-order valence-corrected chi connectivity index (χ2v) is 5.65. The van der Waals surface area contributed by atoms with E-state index in [1.54, 1.807) is 26.0 Å². The van der Waals surface area contributed by atoms with Crippen LogP contribution in [0.1, 0.15) is 23.6 Å². The van der Waals surface area contributed by atoms with Gasteiger partial charge in [0.2, 0.25) is 0 Å². The van der Waals surface area contributed by atoms with E-state index in [0.717, 1.165) is 11.1 Å². The second kappa shape index (κ2) is 6.74. The summed E-state index contributed by atoms with van der Waals surface area (Å²) in [6.45, 7) is 6.30. The summed E-state index contributed by atoms with van der Waals surface area (Å²) < 4.78 is 11.0. The van der Waals surface area contributed by atoms with Crippen molar-refractivity contribution in [3.63, 3.8) is 0 Å². The summed E-state index contributed by atoms with van der Waals surface area (Å²) in [5.74, 6) is -1.27. The van der Waals surface area contributed by atoms with Crippen LogP contribution in [0, 0.1) is 20.8 Å². The van der Waals surface area contributed by atoms with E-state index >= 15 is 0 Å².